The second-order valence-corrected chi connectivity index (χ2v) is 4.55. The van der Waals surface area contributed by atoms with E-state index in [9.17, 15) is 4.79 Å². The molecule has 0 aliphatic carbocycles. The fraction of sp³-hybridized carbons (Fsp3) is 0.400. The number of thioether (sulfide) groups is 1. The van der Waals surface area contributed by atoms with Gasteiger partial charge in [0.2, 0.25) is 0 Å². The molecular formula is C10H12N4OS. The minimum atomic E-state index is 0.125. The maximum atomic E-state index is 10.9. The first-order valence-corrected chi connectivity index (χ1v) is 5.88. The monoisotopic (exact) mass is 236 g/mol. The highest BCUT2D eigenvalue weighted by Gasteiger charge is 2.10. The highest BCUT2D eigenvalue weighted by Crippen LogP contribution is 2.18. The molecule has 0 saturated carbocycles. The van der Waals surface area contributed by atoms with Crippen LogP contribution in [0.2, 0.25) is 0 Å². The third-order valence-corrected chi connectivity index (χ3v) is 3.14. The van der Waals surface area contributed by atoms with Crippen LogP contribution in [0.15, 0.2) is 11.2 Å². The number of carbonyl (C=O) groups excluding carboxylic acids is 1. The van der Waals surface area contributed by atoms with Gasteiger partial charge in [0.05, 0.1) is 5.75 Å². The first-order chi connectivity index (χ1) is 7.58. The van der Waals surface area contributed by atoms with E-state index in [0.717, 1.165) is 22.3 Å². The SMILES string of the molecule is CC(=O)CSc1nnc2cc(C)nc(C)n12. The van der Waals surface area contributed by atoms with Crippen molar-refractivity contribution in [3.05, 3.63) is 17.6 Å². The number of ketones is 1. The van der Waals surface area contributed by atoms with E-state index < -0.39 is 0 Å². The maximum Gasteiger partial charge on any atom is 0.197 e. The van der Waals surface area contributed by atoms with E-state index in [4.69, 9.17) is 0 Å². The molecule has 0 spiro atoms. The molecule has 0 bridgehead atoms. The number of hydrogen-bond acceptors (Lipinski definition) is 5. The molecule has 84 valence electrons. The standard InChI is InChI=1S/C10H12N4OS/c1-6-4-9-12-13-10(16-5-7(2)15)14(9)8(3)11-6/h4H,5H2,1-3H3. The van der Waals surface area contributed by atoms with Crippen molar-refractivity contribution in [2.45, 2.75) is 25.9 Å². The zero-order valence-electron chi connectivity index (χ0n) is 9.39. The summed E-state index contributed by atoms with van der Waals surface area (Å²) in [6, 6.07) is 1.87. The number of rotatable bonds is 3. The molecule has 0 fully saturated rings. The van der Waals surface area contributed by atoms with Crippen molar-refractivity contribution < 1.29 is 4.79 Å². The summed E-state index contributed by atoms with van der Waals surface area (Å²) in [7, 11) is 0. The lowest BCUT2D eigenvalue weighted by Crippen LogP contribution is -2.00. The Labute approximate surface area is 97.3 Å². The van der Waals surface area contributed by atoms with E-state index in [-0.39, 0.29) is 5.78 Å². The molecule has 16 heavy (non-hydrogen) atoms. The fourth-order valence-electron chi connectivity index (χ4n) is 1.46. The smallest absolute Gasteiger partial charge is 0.197 e. The summed E-state index contributed by atoms with van der Waals surface area (Å²) in [6.45, 7) is 5.39. The number of aromatic nitrogens is 4. The highest BCUT2D eigenvalue weighted by molar-refractivity contribution is 7.99. The normalized spacial score (nSPS) is 10.9. The van der Waals surface area contributed by atoms with Crippen LogP contribution in [0, 0.1) is 13.8 Å². The van der Waals surface area contributed by atoms with Crippen molar-refractivity contribution >= 4 is 23.2 Å². The summed E-state index contributed by atoms with van der Waals surface area (Å²) in [5.41, 5.74) is 1.69. The summed E-state index contributed by atoms with van der Waals surface area (Å²) in [4.78, 5) is 15.3. The van der Waals surface area contributed by atoms with Gasteiger partial charge in [-0.25, -0.2) is 4.98 Å². The summed E-state index contributed by atoms with van der Waals surface area (Å²) in [5.74, 6) is 1.37. The largest absolute Gasteiger partial charge is 0.299 e. The summed E-state index contributed by atoms with van der Waals surface area (Å²) in [5, 5.41) is 8.83. The number of aryl methyl sites for hydroxylation is 2. The lowest BCUT2D eigenvalue weighted by molar-refractivity contribution is -0.114. The van der Waals surface area contributed by atoms with Crippen LogP contribution in [0.3, 0.4) is 0 Å². The third-order valence-electron chi connectivity index (χ3n) is 2.06. The van der Waals surface area contributed by atoms with Gasteiger partial charge in [-0.3, -0.25) is 9.20 Å². The molecule has 0 saturated heterocycles. The number of hydrogen-bond donors (Lipinski definition) is 0. The van der Waals surface area contributed by atoms with Gasteiger partial charge in [-0.2, -0.15) is 0 Å². The molecule has 2 aromatic rings. The van der Waals surface area contributed by atoms with E-state index >= 15 is 0 Å². The van der Waals surface area contributed by atoms with Gasteiger partial charge in [0.1, 0.15) is 11.6 Å². The van der Waals surface area contributed by atoms with Crippen LogP contribution < -0.4 is 0 Å². The third kappa shape index (κ3) is 2.06. The van der Waals surface area contributed by atoms with Crippen molar-refractivity contribution in [3.8, 4) is 0 Å². The van der Waals surface area contributed by atoms with Gasteiger partial charge in [-0.15, -0.1) is 10.2 Å². The molecule has 6 heteroatoms. The lowest BCUT2D eigenvalue weighted by Gasteiger charge is -2.02. The quantitative estimate of drug-likeness (QED) is 0.754. The fourth-order valence-corrected chi connectivity index (χ4v) is 2.25. The van der Waals surface area contributed by atoms with Crippen molar-refractivity contribution in [1.82, 2.24) is 19.6 Å². The summed E-state index contributed by atoms with van der Waals surface area (Å²) in [6.07, 6.45) is 0. The molecule has 0 atom stereocenters. The first-order valence-electron chi connectivity index (χ1n) is 4.89. The molecule has 0 radical (unpaired) electrons. The van der Waals surface area contributed by atoms with Gasteiger partial charge in [-0.1, -0.05) is 11.8 Å². The number of Topliss-reactive ketones (excluding diaryl/α,β-unsaturated/α-hetero) is 1. The van der Waals surface area contributed by atoms with Crippen LogP contribution in [0.25, 0.3) is 5.65 Å². The van der Waals surface area contributed by atoms with E-state index in [0.29, 0.717) is 5.75 Å². The average molecular weight is 236 g/mol. The number of carbonyl (C=O) groups is 1. The van der Waals surface area contributed by atoms with Crippen molar-refractivity contribution in [1.29, 1.82) is 0 Å². The second-order valence-electron chi connectivity index (χ2n) is 3.61. The number of nitrogens with zero attached hydrogens (tertiary/aromatic N) is 4. The van der Waals surface area contributed by atoms with Crippen LogP contribution >= 0.6 is 11.8 Å². The van der Waals surface area contributed by atoms with Crippen LogP contribution in [0.1, 0.15) is 18.4 Å². The molecule has 0 unspecified atom stereocenters. The molecule has 0 amide bonds. The van der Waals surface area contributed by atoms with Crippen LogP contribution in [0.4, 0.5) is 0 Å². The first kappa shape index (κ1) is 11.1. The predicted octanol–water partition coefficient (Wildman–Crippen LogP) is 1.42. The van der Waals surface area contributed by atoms with Gasteiger partial charge in [-0.05, 0) is 20.8 Å². The van der Waals surface area contributed by atoms with Crippen LogP contribution in [-0.4, -0.2) is 31.1 Å². The van der Waals surface area contributed by atoms with Crippen molar-refractivity contribution in [2.24, 2.45) is 0 Å². The molecule has 2 aromatic heterocycles. The molecule has 2 rings (SSSR count). The molecule has 0 aliphatic rings. The maximum absolute atomic E-state index is 10.9. The predicted molar refractivity (Wildman–Crippen MR) is 61.7 cm³/mol. The zero-order valence-corrected chi connectivity index (χ0v) is 10.2. The van der Waals surface area contributed by atoms with Crippen molar-refractivity contribution in [3.63, 3.8) is 0 Å². The van der Waals surface area contributed by atoms with Crippen molar-refractivity contribution in [2.75, 3.05) is 5.75 Å². The van der Waals surface area contributed by atoms with Gasteiger partial charge in [0.25, 0.3) is 0 Å². The molecule has 0 N–H and O–H groups in total. The topological polar surface area (TPSA) is 60.2 Å². The van der Waals surface area contributed by atoms with Crippen LogP contribution in [0.5, 0.6) is 0 Å². The molecule has 0 aromatic carbocycles. The molecular weight excluding hydrogens is 224 g/mol. The van der Waals surface area contributed by atoms with E-state index in [1.807, 2.05) is 24.3 Å². The Morgan fingerprint density at radius 3 is 2.88 bits per heavy atom. The molecule has 5 nitrogen and oxygen atoms in total. The Morgan fingerprint density at radius 2 is 2.19 bits per heavy atom. The zero-order chi connectivity index (χ0) is 11.7. The highest BCUT2D eigenvalue weighted by atomic mass is 32.2. The Bertz CT molecular complexity index is 549. The summed E-state index contributed by atoms with van der Waals surface area (Å²) < 4.78 is 1.86. The number of fused-ring (bicyclic) bond motifs is 1. The van der Waals surface area contributed by atoms with Gasteiger partial charge in [0, 0.05) is 11.8 Å². The van der Waals surface area contributed by atoms with E-state index in [2.05, 4.69) is 15.2 Å². The Hall–Kier alpha value is -1.43. The van der Waals surface area contributed by atoms with Gasteiger partial charge >= 0.3 is 0 Å². The minimum absolute atomic E-state index is 0.125. The Balaban J connectivity index is 2.43. The van der Waals surface area contributed by atoms with Crippen LogP contribution in [-0.2, 0) is 4.79 Å². The average Bonchev–Trinajstić information content (AvgIpc) is 2.57. The van der Waals surface area contributed by atoms with E-state index in [1.54, 1.807) is 6.92 Å². The van der Waals surface area contributed by atoms with E-state index in [1.165, 1.54) is 11.8 Å². The molecule has 0 aliphatic heterocycles. The van der Waals surface area contributed by atoms with Gasteiger partial charge < -0.3 is 0 Å². The lowest BCUT2D eigenvalue weighted by atomic mass is 10.4. The Morgan fingerprint density at radius 1 is 1.44 bits per heavy atom. The molecule has 2 heterocycles. The Kier molecular flexibility index (Phi) is 2.91. The second kappa shape index (κ2) is 4.21. The summed E-state index contributed by atoms with van der Waals surface area (Å²) >= 11 is 1.38. The van der Waals surface area contributed by atoms with Gasteiger partial charge in [0.15, 0.2) is 10.8 Å². The minimum Gasteiger partial charge on any atom is -0.299 e.